The van der Waals surface area contributed by atoms with Crippen LogP contribution in [0.5, 0.6) is 0 Å². The van der Waals surface area contributed by atoms with E-state index in [1.54, 1.807) is 17.1 Å². The maximum Gasteiger partial charge on any atom is 0.272 e. The number of rotatable bonds is 1. The van der Waals surface area contributed by atoms with Crippen molar-refractivity contribution in [3.05, 3.63) is 18.2 Å². The monoisotopic (exact) mass is 257 g/mol. The minimum absolute atomic E-state index is 0.0759. The van der Waals surface area contributed by atoms with Crippen molar-refractivity contribution in [3.8, 4) is 0 Å². The van der Waals surface area contributed by atoms with E-state index in [0.29, 0.717) is 10.5 Å². The lowest BCUT2D eigenvalue weighted by Crippen LogP contribution is -2.30. The van der Waals surface area contributed by atoms with E-state index < -0.39 is 0 Å². The first-order valence-corrected chi connectivity index (χ1v) is 5.49. The summed E-state index contributed by atoms with van der Waals surface area (Å²) in [5.74, 6) is 0.0759. The predicted octanol–water partition coefficient (Wildman–Crippen LogP) is 1.03. The Balaban J connectivity index is 2.13. The number of amides is 1. The summed E-state index contributed by atoms with van der Waals surface area (Å²) in [7, 11) is 1.84. The molecular formula is C9H12BrN3O. The summed E-state index contributed by atoms with van der Waals surface area (Å²) in [6.07, 6.45) is 4.29. The van der Waals surface area contributed by atoms with Crippen LogP contribution in [0.25, 0.3) is 0 Å². The highest BCUT2D eigenvalue weighted by molar-refractivity contribution is 9.09. The van der Waals surface area contributed by atoms with Crippen LogP contribution in [-0.4, -0.2) is 38.3 Å². The summed E-state index contributed by atoms with van der Waals surface area (Å²) < 4.78 is 1.75. The maximum absolute atomic E-state index is 11.9. The second-order valence-electron chi connectivity index (χ2n) is 3.53. The van der Waals surface area contributed by atoms with Crippen LogP contribution in [0.4, 0.5) is 0 Å². The number of hydrogen-bond acceptors (Lipinski definition) is 2. The van der Waals surface area contributed by atoms with Gasteiger partial charge in [-0.3, -0.25) is 4.79 Å². The van der Waals surface area contributed by atoms with E-state index in [9.17, 15) is 4.79 Å². The van der Waals surface area contributed by atoms with Crippen LogP contribution in [0, 0.1) is 0 Å². The molecule has 2 heterocycles. The van der Waals surface area contributed by atoms with E-state index in [0.717, 1.165) is 19.5 Å². The molecule has 1 aromatic rings. The molecule has 1 fully saturated rings. The lowest BCUT2D eigenvalue weighted by atomic mass is 10.4. The standard InChI is InChI=1S/C9H12BrN3O/c1-12-6-11-4-8(12)9(14)13-3-2-7(10)5-13/h4,6-7H,2-3,5H2,1H3. The molecule has 1 aromatic heterocycles. The van der Waals surface area contributed by atoms with Crippen molar-refractivity contribution < 1.29 is 4.79 Å². The van der Waals surface area contributed by atoms with E-state index in [1.807, 2.05) is 11.9 Å². The lowest BCUT2D eigenvalue weighted by molar-refractivity contribution is 0.0784. The highest BCUT2D eigenvalue weighted by atomic mass is 79.9. The summed E-state index contributed by atoms with van der Waals surface area (Å²) in [6, 6.07) is 0. The topological polar surface area (TPSA) is 38.1 Å². The third-order valence-electron chi connectivity index (χ3n) is 2.45. The molecule has 0 aromatic carbocycles. The molecule has 0 radical (unpaired) electrons. The Morgan fingerprint density at radius 2 is 2.50 bits per heavy atom. The molecule has 1 amide bonds. The number of halogens is 1. The number of imidazole rings is 1. The lowest BCUT2D eigenvalue weighted by Gasteiger charge is -2.15. The molecule has 0 spiro atoms. The summed E-state index contributed by atoms with van der Waals surface area (Å²) >= 11 is 3.51. The smallest absolute Gasteiger partial charge is 0.272 e. The van der Waals surface area contributed by atoms with Gasteiger partial charge < -0.3 is 9.47 Å². The Bertz CT molecular complexity index is 350. The molecule has 0 saturated carbocycles. The molecular weight excluding hydrogens is 246 g/mol. The van der Waals surface area contributed by atoms with E-state index in [-0.39, 0.29) is 5.91 Å². The predicted molar refractivity (Wildman–Crippen MR) is 56.4 cm³/mol. The number of carbonyl (C=O) groups is 1. The molecule has 76 valence electrons. The van der Waals surface area contributed by atoms with Gasteiger partial charge in [-0.25, -0.2) is 4.98 Å². The van der Waals surface area contributed by atoms with Gasteiger partial charge in [0.05, 0.1) is 12.5 Å². The van der Waals surface area contributed by atoms with Crippen molar-refractivity contribution in [1.82, 2.24) is 14.5 Å². The van der Waals surface area contributed by atoms with Gasteiger partial charge in [0, 0.05) is 25.0 Å². The summed E-state index contributed by atoms with van der Waals surface area (Å²) in [5, 5.41) is 0. The molecule has 4 nitrogen and oxygen atoms in total. The fraction of sp³-hybridized carbons (Fsp3) is 0.556. The number of aryl methyl sites for hydroxylation is 1. The summed E-state index contributed by atoms with van der Waals surface area (Å²) in [4.78, 5) is 18.2. The van der Waals surface area contributed by atoms with Gasteiger partial charge in [-0.1, -0.05) is 15.9 Å². The van der Waals surface area contributed by atoms with E-state index >= 15 is 0 Å². The minimum atomic E-state index is 0.0759. The molecule has 1 saturated heterocycles. The normalized spacial score (nSPS) is 21.6. The molecule has 0 aliphatic carbocycles. The van der Waals surface area contributed by atoms with E-state index in [4.69, 9.17) is 0 Å². The third kappa shape index (κ3) is 1.68. The minimum Gasteiger partial charge on any atom is -0.336 e. The van der Waals surface area contributed by atoms with Gasteiger partial charge in [0.25, 0.3) is 5.91 Å². The van der Waals surface area contributed by atoms with E-state index in [2.05, 4.69) is 20.9 Å². The number of carbonyl (C=O) groups excluding carboxylic acids is 1. The average Bonchev–Trinajstić information content (AvgIpc) is 2.73. The van der Waals surface area contributed by atoms with Crippen LogP contribution >= 0.6 is 15.9 Å². The van der Waals surface area contributed by atoms with Crippen LogP contribution in [0.2, 0.25) is 0 Å². The van der Waals surface area contributed by atoms with Crippen LogP contribution in [-0.2, 0) is 7.05 Å². The largest absolute Gasteiger partial charge is 0.336 e. The number of hydrogen-bond donors (Lipinski definition) is 0. The fourth-order valence-corrected chi connectivity index (χ4v) is 2.18. The first-order valence-electron chi connectivity index (χ1n) is 4.58. The Kier molecular flexibility index (Phi) is 2.58. The Morgan fingerprint density at radius 3 is 3.00 bits per heavy atom. The second-order valence-corrected chi connectivity index (χ2v) is 4.82. The highest BCUT2D eigenvalue weighted by Crippen LogP contribution is 2.18. The Morgan fingerprint density at radius 1 is 1.71 bits per heavy atom. The van der Waals surface area contributed by atoms with Gasteiger partial charge in [0.2, 0.25) is 0 Å². The molecule has 5 heteroatoms. The van der Waals surface area contributed by atoms with Crippen molar-refractivity contribution in [2.24, 2.45) is 7.05 Å². The SMILES string of the molecule is Cn1cncc1C(=O)N1CCC(Br)C1. The van der Waals surface area contributed by atoms with Crippen LogP contribution in [0.15, 0.2) is 12.5 Å². The van der Waals surface area contributed by atoms with Crippen molar-refractivity contribution in [3.63, 3.8) is 0 Å². The van der Waals surface area contributed by atoms with Crippen molar-refractivity contribution >= 4 is 21.8 Å². The van der Waals surface area contributed by atoms with Crippen molar-refractivity contribution in [1.29, 1.82) is 0 Å². The van der Waals surface area contributed by atoms with Gasteiger partial charge in [0.15, 0.2) is 0 Å². The number of likely N-dealkylation sites (tertiary alicyclic amines) is 1. The molecule has 1 atom stereocenters. The van der Waals surface area contributed by atoms with Gasteiger partial charge in [0.1, 0.15) is 5.69 Å². The van der Waals surface area contributed by atoms with Crippen LogP contribution in [0.3, 0.4) is 0 Å². The molecule has 1 aliphatic heterocycles. The second kappa shape index (κ2) is 3.73. The fourth-order valence-electron chi connectivity index (χ4n) is 1.63. The molecule has 0 N–H and O–H groups in total. The molecule has 1 aliphatic rings. The molecule has 14 heavy (non-hydrogen) atoms. The van der Waals surface area contributed by atoms with E-state index in [1.165, 1.54) is 0 Å². The zero-order valence-corrected chi connectivity index (χ0v) is 9.57. The van der Waals surface area contributed by atoms with Gasteiger partial charge in [-0.15, -0.1) is 0 Å². The van der Waals surface area contributed by atoms with Gasteiger partial charge in [-0.2, -0.15) is 0 Å². The summed E-state index contributed by atoms with van der Waals surface area (Å²) in [6.45, 7) is 1.63. The van der Waals surface area contributed by atoms with Crippen LogP contribution in [0.1, 0.15) is 16.9 Å². The first kappa shape index (κ1) is 9.71. The average molecular weight is 258 g/mol. The Labute approximate surface area is 91.0 Å². The third-order valence-corrected chi connectivity index (χ3v) is 3.20. The Hall–Kier alpha value is -0.840. The zero-order chi connectivity index (χ0) is 10.1. The molecule has 0 bridgehead atoms. The van der Waals surface area contributed by atoms with Gasteiger partial charge >= 0.3 is 0 Å². The van der Waals surface area contributed by atoms with Crippen molar-refractivity contribution in [2.75, 3.05) is 13.1 Å². The quantitative estimate of drug-likeness (QED) is 0.705. The summed E-state index contributed by atoms with van der Waals surface area (Å²) in [5.41, 5.74) is 0.659. The van der Waals surface area contributed by atoms with Crippen molar-refractivity contribution in [2.45, 2.75) is 11.2 Å². The van der Waals surface area contributed by atoms with Crippen LogP contribution < -0.4 is 0 Å². The first-order chi connectivity index (χ1) is 6.68. The highest BCUT2D eigenvalue weighted by Gasteiger charge is 2.26. The number of aromatic nitrogens is 2. The number of alkyl halides is 1. The maximum atomic E-state index is 11.9. The number of nitrogens with zero attached hydrogens (tertiary/aromatic N) is 3. The van der Waals surface area contributed by atoms with Gasteiger partial charge in [-0.05, 0) is 6.42 Å². The zero-order valence-electron chi connectivity index (χ0n) is 7.98. The molecule has 2 rings (SSSR count). The molecule has 1 unspecified atom stereocenters.